The van der Waals surface area contributed by atoms with Crippen LogP contribution in [-0.2, 0) is 0 Å². The lowest BCUT2D eigenvalue weighted by molar-refractivity contribution is -0.0210. The minimum atomic E-state index is 0.107. The first kappa shape index (κ1) is 18.3. The molecule has 0 amide bonds. The van der Waals surface area contributed by atoms with Crippen molar-refractivity contribution in [3.05, 3.63) is 23.3 Å². The summed E-state index contributed by atoms with van der Waals surface area (Å²) in [5, 5.41) is 9.84. The number of fused-ring (bicyclic) bond motifs is 3. The van der Waals surface area contributed by atoms with Gasteiger partial charge in [-0.3, -0.25) is 4.99 Å². The topological polar surface area (TPSA) is 35.8 Å². The van der Waals surface area contributed by atoms with E-state index in [4.69, 9.17) is 4.99 Å². The highest BCUT2D eigenvalue weighted by molar-refractivity contribution is 5.89. The molecule has 3 heteroatoms. The van der Waals surface area contributed by atoms with Crippen LogP contribution >= 0.6 is 0 Å². The van der Waals surface area contributed by atoms with Gasteiger partial charge in [-0.05, 0) is 60.8 Å². The average molecular weight is 357 g/mol. The largest absolute Gasteiger partial charge is 0.376 e. The van der Waals surface area contributed by atoms with Crippen LogP contribution in [0.4, 0.5) is 0 Å². The maximum atomic E-state index is 9.84. The van der Waals surface area contributed by atoms with Crippen molar-refractivity contribution in [3.8, 4) is 0 Å². The molecular weight excluding hydrogens is 320 g/mol. The summed E-state index contributed by atoms with van der Waals surface area (Å²) in [5.41, 5.74) is 3.73. The lowest BCUT2D eigenvalue weighted by Crippen LogP contribution is -2.55. The second-order valence-corrected chi connectivity index (χ2v) is 9.84. The normalized spacial score (nSPS) is 39.9. The molecule has 1 heterocycles. The summed E-state index contributed by atoms with van der Waals surface area (Å²) in [5.74, 6) is 3.21. The minimum Gasteiger partial charge on any atom is -0.376 e. The fourth-order valence-corrected chi connectivity index (χ4v) is 6.77. The maximum Gasteiger partial charge on any atom is 0.116 e. The van der Waals surface area contributed by atoms with Crippen molar-refractivity contribution >= 4 is 5.84 Å². The molecule has 144 valence electrons. The van der Waals surface area contributed by atoms with Crippen LogP contribution in [0.15, 0.2) is 28.3 Å². The van der Waals surface area contributed by atoms with Crippen LogP contribution in [0.1, 0.15) is 66.2 Å². The van der Waals surface area contributed by atoms with Crippen LogP contribution in [0.5, 0.6) is 0 Å². The van der Waals surface area contributed by atoms with Crippen molar-refractivity contribution in [2.45, 2.75) is 66.2 Å². The molecule has 0 spiro atoms. The van der Waals surface area contributed by atoms with Crippen molar-refractivity contribution in [2.75, 3.05) is 19.8 Å². The van der Waals surface area contributed by atoms with Crippen LogP contribution < -0.4 is 0 Å². The van der Waals surface area contributed by atoms with Crippen LogP contribution in [0, 0.1) is 28.6 Å². The Bertz CT molecular complexity index is 661. The molecule has 4 rings (SSSR count). The summed E-state index contributed by atoms with van der Waals surface area (Å²) in [7, 11) is 0. The third kappa shape index (κ3) is 2.61. The van der Waals surface area contributed by atoms with E-state index in [2.05, 4.69) is 44.7 Å². The average Bonchev–Trinajstić information content (AvgIpc) is 3.10. The molecule has 1 aliphatic heterocycles. The number of rotatable bonds is 3. The molecule has 4 unspecified atom stereocenters. The number of amidine groups is 1. The smallest absolute Gasteiger partial charge is 0.116 e. The Labute approximate surface area is 159 Å². The van der Waals surface area contributed by atoms with Gasteiger partial charge in [0.05, 0.1) is 6.54 Å². The highest BCUT2D eigenvalue weighted by Crippen LogP contribution is 2.62. The number of aliphatic imine (C=N–C) groups is 1. The quantitative estimate of drug-likeness (QED) is 0.789. The van der Waals surface area contributed by atoms with Gasteiger partial charge < -0.3 is 10.0 Å². The van der Waals surface area contributed by atoms with Crippen molar-refractivity contribution in [2.24, 2.45) is 33.6 Å². The zero-order valence-electron chi connectivity index (χ0n) is 17.1. The molecule has 0 aromatic heterocycles. The molecule has 3 nitrogen and oxygen atoms in total. The van der Waals surface area contributed by atoms with E-state index in [1.165, 1.54) is 44.4 Å². The summed E-state index contributed by atoms with van der Waals surface area (Å²) >= 11 is 0. The van der Waals surface area contributed by atoms with Crippen molar-refractivity contribution in [1.82, 2.24) is 4.90 Å². The van der Waals surface area contributed by atoms with Gasteiger partial charge in [0.1, 0.15) is 12.6 Å². The molecular formula is C23H36N2O. The minimum absolute atomic E-state index is 0.107. The fourth-order valence-electron chi connectivity index (χ4n) is 6.77. The Morgan fingerprint density at radius 1 is 1.31 bits per heavy atom. The number of hydrogen-bond donors (Lipinski definition) is 1. The molecule has 3 aliphatic carbocycles. The van der Waals surface area contributed by atoms with E-state index < -0.39 is 0 Å². The standard InChI is InChI=1S/C23H36N2O/c1-16(2)17-6-8-19-18(14-17)7-9-20-22(19,3)10-5-11-23(20,4)21-24-12-13-25(21)15-26/h7,14,16,19-20,26H,5-6,8-13,15H2,1-4H3. The van der Waals surface area contributed by atoms with Gasteiger partial charge >= 0.3 is 0 Å². The molecule has 1 N–H and O–H groups in total. The highest BCUT2D eigenvalue weighted by Gasteiger charge is 2.57. The molecule has 26 heavy (non-hydrogen) atoms. The van der Waals surface area contributed by atoms with E-state index in [9.17, 15) is 5.11 Å². The van der Waals surface area contributed by atoms with Gasteiger partial charge in [-0.1, -0.05) is 51.8 Å². The number of hydrogen-bond acceptors (Lipinski definition) is 3. The van der Waals surface area contributed by atoms with Crippen molar-refractivity contribution in [3.63, 3.8) is 0 Å². The Kier molecular flexibility index (Phi) is 4.58. The van der Waals surface area contributed by atoms with Crippen LogP contribution in [-0.4, -0.2) is 35.7 Å². The van der Waals surface area contributed by atoms with Crippen molar-refractivity contribution in [1.29, 1.82) is 0 Å². The Morgan fingerprint density at radius 2 is 2.12 bits per heavy atom. The monoisotopic (exact) mass is 356 g/mol. The van der Waals surface area contributed by atoms with E-state index in [0.717, 1.165) is 13.1 Å². The first-order valence-electron chi connectivity index (χ1n) is 10.7. The summed E-state index contributed by atoms with van der Waals surface area (Å²) in [6.07, 6.45) is 12.7. The molecule has 1 fully saturated rings. The number of allylic oxidation sites excluding steroid dienone is 4. The summed E-state index contributed by atoms with van der Waals surface area (Å²) in [4.78, 5) is 7.02. The molecule has 4 atom stereocenters. The van der Waals surface area contributed by atoms with E-state index in [0.29, 0.717) is 23.2 Å². The predicted octanol–water partition coefficient (Wildman–Crippen LogP) is 4.79. The zero-order chi connectivity index (χ0) is 18.5. The fraction of sp³-hybridized carbons (Fsp3) is 0.783. The van der Waals surface area contributed by atoms with Crippen LogP contribution in [0.25, 0.3) is 0 Å². The molecule has 1 saturated carbocycles. The Morgan fingerprint density at radius 3 is 2.85 bits per heavy atom. The Balaban J connectivity index is 1.71. The molecule has 0 saturated heterocycles. The Hall–Kier alpha value is -1.09. The van der Waals surface area contributed by atoms with Gasteiger partial charge in [0, 0.05) is 12.0 Å². The summed E-state index contributed by atoms with van der Waals surface area (Å²) < 4.78 is 0. The van der Waals surface area contributed by atoms with E-state index in [1.54, 1.807) is 11.1 Å². The summed E-state index contributed by atoms with van der Waals surface area (Å²) in [6.45, 7) is 11.5. The number of aliphatic hydroxyl groups is 1. The molecule has 0 aromatic rings. The van der Waals surface area contributed by atoms with Gasteiger partial charge in [0.15, 0.2) is 0 Å². The van der Waals surface area contributed by atoms with Crippen molar-refractivity contribution < 1.29 is 5.11 Å². The van der Waals surface area contributed by atoms with Crippen LogP contribution in [0.3, 0.4) is 0 Å². The third-order valence-corrected chi connectivity index (χ3v) is 8.19. The molecule has 4 aliphatic rings. The number of aliphatic hydroxyl groups excluding tert-OH is 1. The lowest BCUT2D eigenvalue weighted by atomic mass is 9.46. The lowest BCUT2D eigenvalue weighted by Gasteiger charge is -2.59. The van der Waals surface area contributed by atoms with Gasteiger partial charge in [-0.15, -0.1) is 0 Å². The zero-order valence-corrected chi connectivity index (χ0v) is 17.1. The maximum absolute atomic E-state index is 9.84. The number of nitrogens with zero attached hydrogens (tertiary/aromatic N) is 2. The van der Waals surface area contributed by atoms with Crippen LogP contribution in [0.2, 0.25) is 0 Å². The summed E-state index contributed by atoms with van der Waals surface area (Å²) in [6, 6.07) is 0. The second-order valence-electron chi connectivity index (χ2n) is 9.84. The molecule has 0 aromatic carbocycles. The first-order valence-corrected chi connectivity index (χ1v) is 10.7. The van der Waals surface area contributed by atoms with Gasteiger partial charge in [0.2, 0.25) is 0 Å². The SMILES string of the molecule is CC(C)C1=CC2=CCC3C(C)(C4=NCCN4CO)CCCC3(C)C2CC1. The third-order valence-electron chi connectivity index (χ3n) is 8.19. The molecule has 0 radical (unpaired) electrons. The van der Waals surface area contributed by atoms with Gasteiger partial charge in [0.25, 0.3) is 0 Å². The van der Waals surface area contributed by atoms with E-state index in [1.807, 2.05) is 0 Å². The van der Waals surface area contributed by atoms with E-state index in [-0.39, 0.29) is 12.1 Å². The second kappa shape index (κ2) is 6.51. The van der Waals surface area contributed by atoms with Gasteiger partial charge in [-0.2, -0.15) is 0 Å². The predicted molar refractivity (Wildman–Crippen MR) is 108 cm³/mol. The molecule has 0 bridgehead atoms. The van der Waals surface area contributed by atoms with Gasteiger partial charge in [-0.25, -0.2) is 0 Å². The first-order chi connectivity index (χ1) is 12.4. The van der Waals surface area contributed by atoms with E-state index >= 15 is 0 Å². The highest BCUT2D eigenvalue weighted by atomic mass is 16.3.